The van der Waals surface area contributed by atoms with Gasteiger partial charge in [0.25, 0.3) is 11.1 Å². The van der Waals surface area contributed by atoms with Crippen LogP contribution in [0.3, 0.4) is 0 Å². The average Bonchev–Trinajstić information content (AvgIpc) is 2.23. The quantitative estimate of drug-likeness (QED) is 0.646. The highest BCUT2D eigenvalue weighted by molar-refractivity contribution is 5.90. The van der Waals surface area contributed by atoms with Gasteiger partial charge in [0, 0.05) is 0 Å². The second kappa shape index (κ2) is 2.91. The van der Waals surface area contributed by atoms with E-state index in [0.717, 1.165) is 0 Å². The maximum Gasteiger partial charge on any atom is 0.272 e. The van der Waals surface area contributed by atoms with Crippen LogP contribution in [-0.2, 0) is 0 Å². The lowest BCUT2D eigenvalue weighted by Gasteiger charge is -1.95. The monoisotopic (exact) mass is 191 g/mol. The van der Waals surface area contributed by atoms with Gasteiger partial charge in [-0.25, -0.2) is 0 Å². The fourth-order valence-electron chi connectivity index (χ4n) is 1.29. The Morgan fingerprint density at radius 3 is 2.50 bits per heavy atom. The largest absolute Gasteiger partial charge is 0.272 e. The summed E-state index contributed by atoms with van der Waals surface area (Å²) in [4.78, 5) is 32.9. The van der Waals surface area contributed by atoms with Crippen molar-refractivity contribution >= 4 is 16.5 Å². The molecule has 0 unspecified atom stereocenters. The lowest BCUT2D eigenvalue weighted by atomic mass is 10.1. The summed E-state index contributed by atoms with van der Waals surface area (Å²) in [7, 11) is 0. The standard InChI is InChI=1S/C8H5N3O3/c12-7-4-2-1-3-5(11-14)6(4)8(13)10-9-7/h1-3H,(H,9,12)(H,10,13). The van der Waals surface area contributed by atoms with E-state index in [9.17, 15) is 14.5 Å². The van der Waals surface area contributed by atoms with Crippen molar-refractivity contribution in [2.24, 2.45) is 5.18 Å². The number of fused-ring (bicyclic) bond motifs is 1. The van der Waals surface area contributed by atoms with Gasteiger partial charge in [-0.2, -0.15) is 0 Å². The molecule has 6 nitrogen and oxygen atoms in total. The van der Waals surface area contributed by atoms with E-state index in [4.69, 9.17) is 0 Å². The van der Waals surface area contributed by atoms with Gasteiger partial charge < -0.3 is 0 Å². The normalized spacial score (nSPS) is 10.3. The lowest BCUT2D eigenvalue weighted by molar-refractivity contribution is 0.976. The first-order chi connectivity index (χ1) is 6.74. The van der Waals surface area contributed by atoms with Crippen molar-refractivity contribution in [1.82, 2.24) is 10.2 Å². The summed E-state index contributed by atoms with van der Waals surface area (Å²) in [5.74, 6) is 0. The second-order valence-corrected chi connectivity index (χ2v) is 2.70. The van der Waals surface area contributed by atoms with Crippen LogP contribution in [0.25, 0.3) is 10.8 Å². The van der Waals surface area contributed by atoms with Gasteiger partial charge in [0.1, 0.15) is 5.69 Å². The van der Waals surface area contributed by atoms with E-state index in [0.29, 0.717) is 0 Å². The van der Waals surface area contributed by atoms with Gasteiger partial charge in [-0.05, 0) is 17.3 Å². The summed E-state index contributed by atoms with van der Waals surface area (Å²) in [6.07, 6.45) is 0. The number of nitrogens with one attached hydrogen (secondary N) is 2. The number of hydrogen-bond acceptors (Lipinski definition) is 4. The Bertz CT molecular complexity index is 611. The van der Waals surface area contributed by atoms with Crippen LogP contribution in [0.1, 0.15) is 0 Å². The molecule has 0 aliphatic carbocycles. The van der Waals surface area contributed by atoms with Crippen molar-refractivity contribution in [1.29, 1.82) is 0 Å². The number of hydrogen-bond donors (Lipinski definition) is 2. The molecule has 0 atom stereocenters. The van der Waals surface area contributed by atoms with Crippen LogP contribution < -0.4 is 11.1 Å². The Balaban J connectivity index is 3.15. The molecule has 1 aromatic carbocycles. The van der Waals surface area contributed by atoms with Gasteiger partial charge >= 0.3 is 0 Å². The third kappa shape index (κ3) is 1.05. The van der Waals surface area contributed by atoms with E-state index in [-0.39, 0.29) is 16.5 Å². The highest BCUT2D eigenvalue weighted by Gasteiger charge is 2.07. The molecule has 2 rings (SSSR count). The Morgan fingerprint density at radius 2 is 1.79 bits per heavy atom. The van der Waals surface area contributed by atoms with Gasteiger partial charge in [0.05, 0.1) is 10.8 Å². The third-order valence-electron chi connectivity index (χ3n) is 1.90. The van der Waals surface area contributed by atoms with Crippen molar-refractivity contribution in [3.05, 3.63) is 43.8 Å². The number of aromatic nitrogens is 2. The molecule has 70 valence electrons. The van der Waals surface area contributed by atoms with Crippen molar-refractivity contribution in [3.63, 3.8) is 0 Å². The number of rotatable bonds is 1. The van der Waals surface area contributed by atoms with Gasteiger partial charge in [0.2, 0.25) is 0 Å². The summed E-state index contributed by atoms with van der Waals surface area (Å²) >= 11 is 0. The lowest BCUT2D eigenvalue weighted by Crippen LogP contribution is -2.18. The maximum absolute atomic E-state index is 11.3. The van der Waals surface area contributed by atoms with E-state index in [1.165, 1.54) is 18.2 Å². The SMILES string of the molecule is O=Nc1cccc2c(=O)[nH][nH]c(=O)c12. The Hall–Kier alpha value is -2.24. The Kier molecular flexibility index (Phi) is 1.74. The van der Waals surface area contributed by atoms with E-state index in [1.807, 2.05) is 0 Å². The molecule has 1 heterocycles. The molecule has 0 aliphatic heterocycles. The molecular formula is C8H5N3O3. The van der Waals surface area contributed by atoms with Crippen LogP contribution in [0.4, 0.5) is 5.69 Å². The van der Waals surface area contributed by atoms with E-state index in [1.54, 1.807) is 0 Å². The van der Waals surface area contributed by atoms with Crippen LogP contribution in [0, 0.1) is 4.91 Å². The van der Waals surface area contributed by atoms with Crippen LogP contribution in [0.15, 0.2) is 33.0 Å². The predicted octanol–water partition coefficient (Wildman–Crippen LogP) is 0.614. The van der Waals surface area contributed by atoms with Gasteiger partial charge in [-0.15, -0.1) is 4.91 Å². The summed E-state index contributed by atoms with van der Waals surface area (Å²) in [5.41, 5.74) is -1.02. The molecule has 0 bridgehead atoms. The highest BCUT2D eigenvalue weighted by atomic mass is 16.3. The topological polar surface area (TPSA) is 95.2 Å². The molecule has 14 heavy (non-hydrogen) atoms. The number of nitroso groups, excluding NO2 is 1. The molecule has 0 saturated heterocycles. The zero-order chi connectivity index (χ0) is 10.1. The smallest absolute Gasteiger partial charge is 0.267 e. The first-order valence-corrected chi connectivity index (χ1v) is 3.81. The third-order valence-corrected chi connectivity index (χ3v) is 1.90. The molecule has 0 aliphatic rings. The van der Waals surface area contributed by atoms with Crippen LogP contribution in [0.2, 0.25) is 0 Å². The fraction of sp³-hybridized carbons (Fsp3) is 0. The van der Waals surface area contributed by atoms with Gasteiger partial charge in [0.15, 0.2) is 0 Å². The van der Waals surface area contributed by atoms with Gasteiger partial charge in [-0.1, -0.05) is 6.07 Å². The van der Waals surface area contributed by atoms with E-state index in [2.05, 4.69) is 15.4 Å². The van der Waals surface area contributed by atoms with Crippen molar-refractivity contribution < 1.29 is 0 Å². The predicted molar refractivity (Wildman–Crippen MR) is 50.6 cm³/mol. The minimum absolute atomic E-state index is 0.0197. The van der Waals surface area contributed by atoms with Crippen LogP contribution in [0.5, 0.6) is 0 Å². The van der Waals surface area contributed by atoms with E-state index < -0.39 is 11.1 Å². The Morgan fingerprint density at radius 1 is 1.07 bits per heavy atom. The fourth-order valence-corrected chi connectivity index (χ4v) is 1.29. The minimum Gasteiger partial charge on any atom is -0.267 e. The second-order valence-electron chi connectivity index (χ2n) is 2.70. The van der Waals surface area contributed by atoms with Crippen molar-refractivity contribution in [2.45, 2.75) is 0 Å². The average molecular weight is 191 g/mol. The van der Waals surface area contributed by atoms with E-state index >= 15 is 0 Å². The summed E-state index contributed by atoms with van der Waals surface area (Å²) in [6, 6.07) is 4.33. The molecule has 0 fully saturated rings. The zero-order valence-corrected chi connectivity index (χ0v) is 6.90. The molecule has 6 heteroatoms. The van der Waals surface area contributed by atoms with Crippen LogP contribution in [-0.4, -0.2) is 10.2 Å². The number of nitrogens with zero attached hydrogens (tertiary/aromatic N) is 1. The molecule has 1 aromatic heterocycles. The number of aromatic amines is 2. The minimum atomic E-state index is -0.533. The molecule has 2 N–H and O–H groups in total. The van der Waals surface area contributed by atoms with Crippen molar-refractivity contribution in [2.75, 3.05) is 0 Å². The highest BCUT2D eigenvalue weighted by Crippen LogP contribution is 2.18. The molecule has 0 saturated carbocycles. The summed E-state index contributed by atoms with van der Waals surface area (Å²) < 4.78 is 0. The first kappa shape index (κ1) is 8.36. The zero-order valence-electron chi connectivity index (χ0n) is 6.90. The first-order valence-electron chi connectivity index (χ1n) is 3.81. The maximum atomic E-state index is 11.3. The van der Waals surface area contributed by atoms with Crippen LogP contribution >= 0.6 is 0 Å². The summed E-state index contributed by atoms with van der Waals surface area (Å²) in [5, 5.41) is 7.14. The molecular weight excluding hydrogens is 186 g/mol. The molecule has 0 amide bonds. The molecule has 0 spiro atoms. The Labute approximate surface area is 76.5 Å². The molecule has 2 aromatic rings. The number of benzene rings is 1. The van der Waals surface area contributed by atoms with Gasteiger partial charge in [-0.3, -0.25) is 19.8 Å². The number of H-pyrrole nitrogens is 2. The summed E-state index contributed by atoms with van der Waals surface area (Å²) in [6.45, 7) is 0. The van der Waals surface area contributed by atoms with Crippen molar-refractivity contribution in [3.8, 4) is 0 Å². The molecule has 0 radical (unpaired) electrons.